The van der Waals surface area contributed by atoms with Crippen LogP contribution in [0.1, 0.15) is 95.7 Å². The van der Waals surface area contributed by atoms with Gasteiger partial charge >= 0.3 is 12.1 Å². The van der Waals surface area contributed by atoms with Crippen LogP contribution >= 0.6 is 0 Å². The van der Waals surface area contributed by atoms with E-state index in [1.165, 1.54) is 24.3 Å². The molecule has 420 valence electrons. The van der Waals surface area contributed by atoms with Crippen LogP contribution in [0.25, 0.3) is 0 Å². The van der Waals surface area contributed by atoms with E-state index >= 15 is 19.2 Å². The lowest BCUT2D eigenvalue weighted by Gasteiger charge is -2.46. The molecule has 0 radical (unpaired) electrons. The Bertz CT molecular complexity index is 3460. The number of ether oxygens (including phenoxy) is 5. The SMILES string of the molecule is O=C1OC(c2ccccc2)C(c2ccccc2)N2C1C(C(=O)N1CCN(Cc3ccc4c(c3)OCO4)CC1)C1(C(=O)N(C(=O)OCc3ccc([N+](=O)[O-])cc3)c3ccc(C#CC4(O)CCCCCC4)cc31)C2c1ccccc1OCCO. The van der Waals surface area contributed by atoms with E-state index in [1.54, 1.807) is 47.4 Å². The lowest BCUT2D eigenvalue weighted by molar-refractivity contribution is -0.384. The summed E-state index contributed by atoms with van der Waals surface area (Å²) in [6.07, 6.45) is 2.35. The summed E-state index contributed by atoms with van der Waals surface area (Å²) in [5, 5.41) is 33.7. The molecule has 0 aromatic heterocycles. The first-order valence-corrected chi connectivity index (χ1v) is 27.9. The van der Waals surface area contributed by atoms with Crippen molar-refractivity contribution in [2.45, 2.75) is 86.9 Å². The van der Waals surface area contributed by atoms with E-state index in [9.17, 15) is 20.3 Å². The summed E-state index contributed by atoms with van der Waals surface area (Å²) in [6, 6.07) is 38.3. The molecule has 6 unspecified atom stereocenters. The maximum absolute atomic E-state index is 17.1. The molecular weight excluding hydrogens is 1050 g/mol. The van der Waals surface area contributed by atoms with Crippen molar-refractivity contribution in [1.29, 1.82) is 0 Å². The third kappa shape index (κ3) is 9.97. The lowest BCUT2D eigenvalue weighted by atomic mass is 9.64. The second-order valence-electron chi connectivity index (χ2n) is 21.7. The van der Waals surface area contributed by atoms with Crippen LogP contribution in [-0.2, 0) is 42.4 Å². The second-order valence-corrected chi connectivity index (χ2v) is 21.7. The van der Waals surface area contributed by atoms with E-state index in [-0.39, 0.29) is 62.4 Å². The molecule has 3 saturated heterocycles. The summed E-state index contributed by atoms with van der Waals surface area (Å²) in [4.78, 5) is 82.6. The Labute approximate surface area is 473 Å². The van der Waals surface area contributed by atoms with Crippen LogP contribution in [0.4, 0.5) is 16.2 Å². The summed E-state index contributed by atoms with van der Waals surface area (Å²) >= 11 is 0. The Morgan fingerprint density at radius 2 is 1.44 bits per heavy atom. The molecule has 6 aromatic rings. The first-order chi connectivity index (χ1) is 40.0. The van der Waals surface area contributed by atoms with Crippen molar-refractivity contribution in [1.82, 2.24) is 14.7 Å². The fraction of sp³-hybridized carbons (Fsp3) is 0.344. The molecule has 4 fully saturated rings. The number of imide groups is 1. The number of rotatable bonds is 12. The van der Waals surface area contributed by atoms with Crippen LogP contribution < -0.4 is 19.1 Å². The molecule has 18 nitrogen and oxygen atoms in total. The molecular formula is C64H61N5O13. The Kier molecular flexibility index (Phi) is 15.0. The quantitative estimate of drug-likeness (QED) is 0.0387. The number of hydrogen-bond donors (Lipinski definition) is 2. The minimum atomic E-state index is -2.19. The molecule has 12 rings (SSSR count). The molecule has 5 aliphatic heterocycles. The third-order valence-electron chi connectivity index (χ3n) is 16.9. The van der Waals surface area contributed by atoms with Crippen molar-refractivity contribution < 1.29 is 58.0 Å². The highest BCUT2D eigenvalue weighted by atomic mass is 16.7. The van der Waals surface area contributed by atoms with Crippen LogP contribution in [-0.4, -0.2) is 112 Å². The fourth-order valence-electron chi connectivity index (χ4n) is 13.1. The summed E-state index contributed by atoms with van der Waals surface area (Å²) in [5.41, 5.74) is 0.140. The monoisotopic (exact) mass is 1110 g/mol. The number of nitro benzene ring substituents is 1. The Morgan fingerprint density at radius 1 is 0.756 bits per heavy atom. The Balaban J connectivity index is 1.06. The van der Waals surface area contributed by atoms with Crippen LogP contribution in [0.5, 0.6) is 17.2 Å². The van der Waals surface area contributed by atoms with Crippen LogP contribution in [0.15, 0.2) is 146 Å². The molecule has 5 heterocycles. The molecule has 6 atom stereocenters. The zero-order valence-electron chi connectivity index (χ0n) is 45.0. The van der Waals surface area contributed by atoms with Crippen LogP contribution in [0.3, 0.4) is 0 Å². The van der Waals surface area contributed by atoms with Gasteiger partial charge in [-0.25, -0.2) is 9.69 Å². The van der Waals surface area contributed by atoms with E-state index in [1.807, 2.05) is 83.8 Å². The molecule has 0 bridgehead atoms. The maximum atomic E-state index is 17.1. The highest BCUT2D eigenvalue weighted by Crippen LogP contribution is 2.67. The highest BCUT2D eigenvalue weighted by molar-refractivity contribution is 6.23. The van der Waals surface area contributed by atoms with Crippen molar-refractivity contribution >= 4 is 35.3 Å². The van der Waals surface area contributed by atoms with Gasteiger partial charge in [-0.3, -0.25) is 34.3 Å². The van der Waals surface area contributed by atoms with Crippen molar-refractivity contribution in [3.63, 3.8) is 0 Å². The average molecular weight is 1110 g/mol. The number of hydrogen-bond acceptors (Lipinski definition) is 15. The number of fused-ring (bicyclic) bond motifs is 4. The van der Waals surface area contributed by atoms with E-state index in [0.717, 1.165) is 36.1 Å². The number of aliphatic hydroxyl groups excluding tert-OH is 1. The van der Waals surface area contributed by atoms with E-state index in [0.29, 0.717) is 71.8 Å². The number of amides is 3. The summed E-state index contributed by atoms with van der Waals surface area (Å²) < 4.78 is 30.4. The predicted molar refractivity (Wildman–Crippen MR) is 298 cm³/mol. The minimum Gasteiger partial charge on any atom is -0.491 e. The van der Waals surface area contributed by atoms with Crippen molar-refractivity contribution in [3.05, 3.63) is 195 Å². The van der Waals surface area contributed by atoms with E-state index < -0.39 is 70.0 Å². The molecule has 2 N–H and O–H groups in total. The van der Waals surface area contributed by atoms with Gasteiger partial charge in [-0.1, -0.05) is 110 Å². The zero-order valence-corrected chi connectivity index (χ0v) is 45.0. The molecule has 6 aromatic carbocycles. The van der Waals surface area contributed by atoms with Gasteiger partial charge in [0.05, 0.1) is 35.2 Å². The van der Waals surface area contributed by atoms with Gasteiger partial charge in [0.1, 0.15) is 42.1 Å². The number of non-ortho nitro benzene ring substituents is 1. The van der Waals surface area contributed by atoms with Gasteiger partial charge < -0.3 is 38.8 Å². The second kappa shape index (κ2) is 22.7. The highest BCUT2D eigenvalue weighted by Gasteiger charge is 2.76. The van der Waals surface area contributed by atoms with Gasteiger partial charge in [0, 0.05) is 56.0 Å². The van der Waals surface area contributed by atoms with Crippen molar-refractivity contribution in [2.24, 2.45) is 5.92 Å². The zero-order chi connectivity index (χ0) is 56.5. The topological polar surface area (TPSA) is 211 Å². The molecule has 6 aliphatic rings. The maximum Gasteiger partial charge on any atom is 0.421 e. The number of nitro groups is 1. The number of carbonyl (C=O) groups excluding carboxylic acids is 4. The predicted octanol–water partition coefficient (Wildman–Crippen LogP) is 8.48. The number of piperazine rings is 1. The molecule has 3 amide bonds. The number of cyclic esters (lactones) is 1. The van der Waals surface area contributed by atoms with Crippen molar-refractivity contribution in [3.8, 4) is 29.1 Å². The average Bonchev–Trinajstić information content (AvgIpc) is 2.55. The van der Waals surface area contributed by atoms with Crippen molar-refractivity contribution in [2.75, 3.05) is 51.1 Å². The number of carbonyl (C=O) groups is 4. The van der Waals surface area contributed by atoms with Gasteiger partial charge in [-0.15, -0.1) is 0 Å². The lowest BCUT2D eigenvalue weighted by Crippen LogP contribution is -2.59. The Morgan fingerprint density at radius 3 is 2.16 bits per heavy atom. The number of morpholine rings is 1. The normalized spacial score (nSPS) is 23.7. The number of nitrogens with zero attached hydrogens (tertiary/aromatic N) is 5. The molecule has 82 heavy (non-hydrogen) atoms. The number of anilines is 1. The fourth-order valence-corrected chi connectivity index (χ4v) is 13.1. The molecule has 18 heteroatoms. The Hall–Kier alpha value is -8.60. The van der Waals surface area contributed by atoms with Crippen LogP contribution in [0, 0.1) is 27.9 Å². The molecule has 1 saturated carbocycles. The third-order valence-corrected chi connectivity index (χ3v) is 16.9. The van der Waals surface area contributed by atoms with Gasteiger partial charge in [0.25, 0.3) is 5.69 Å². The van der Waals surface area contributed by atoms with Gasteiger partial charge in [0.2, 0.25) is 18.6 Å². The van der Waals surface area contributed by atoms with E-state index in [4.69, 9.17) is 23.7 Å². The number of esters is 1. The summed E-state index contributed by atoms with van der Waals surface area (Å²) in [5.74, 6) is 4.23. The van der Waals surface area contributed by atoms with Gasteiger partial charge in [0.15, 0.2) is 11.5 Å². The minimum absolute atomic E-state index is 0.0756. The number of benzene rings is 6. The summed E-state index contributed by atoms with van der Waals surface area (Å²) in [7, 11) is 0. The van der Waals surface area contributed by atoms with E-state index in [2.05, 4.69) is 16.7 Å². The van der Waals surface area contributed by atoms with Gasteiger partial charge in [-0.05, 0) is 102 Å². The number of para-hydroxylation sites is 1. The van der Waals surface area contributed by atoms with Crippen LogP contribution in [0.2, 0.25) is 0 Å². The summed E-state index contributed by atoms with van der Waals surface area (Å²) in [6.45, 7) is 1.06. The first kappa shape index (κ1) is 54.0. The standard InChI is InChI=1S/C64H61N5O13/c70-35-36-78-51-18-10-9-17-48(51)58-64(49-37-42(27-30-63(75)28-11-1-2-12-29-63)21-25-50(49)67(61(64)73)62(74)79-40-43-19-23-47(24-20-43)69(76)77)54(59(71)66-33-31-65(32-34-66)39-44-22-26-52-53(38-44)81-41-80-52)56-60(72)82-57(46-15-7-4-8-16-46)55(68(56)58)45-13-5-3-6-14-45/h3-10,13-26,37-38,54-58,70,75H,1-2,11-12,28-29,31-36,39-41H2. The molecule has 1 spiro atoms. The largest absolute Gasteiger partial charge is 0.491 e. The van der Waals surface area contributed by atoms with Gasteiger partial charge in [-0.2, -0.15) is 0 Å². The number of aliphatic hydroxyl groups is 2. The first-order valence-electron chi connectivity index (χ1n) is 27.9. The molecule has 1 aliphatic carbocycles. The smallest absolute Gasteiger partial charge is 0.421 e.